The second-order valence-corrected chi connectivity index (χ2v) is 3.72. The Bertz CT molecular complexity index is 97.3. The minimum absolute atomic E-state index is 0.698. The lowest BCUT2D eigenvalue weighted by Crippen LogP contribution is -2.39. The van der Waals surface area contributed by atoms with Crippen LogP contribution in [0.1, 0.15) is 39.5 Å². The van der Waals surface area contributed by atoms with E-state index in [2.05, 4.69) is 13.8 Å². The van der Waals surface area contributed by atoms with E-state index in [9.17, 15) is 0 Å². The summed E-state index contributed by atoms with van der Waals surface area (Å²) in [5, 5.41) is 0. The van der Waals surface area contributed by atoms with Crippen molar-refractivity contribution in [2.45, 2.75) is 39.5 Å². The largest absolute Gasteiger partial charge is 0.330 e. The Morgan fingerprint density at radius 3 is 2.10 bits per heavy atom. The molecule has 1 fully saturated rings. The van der Waals surface area contributed by atoms with Crippen LogP contribution in [0.25, 0.3) is 0 Å². The summed E-state index contributed by atoms with van der Waals surface area (Å²) in [6.45, 7) is 5.51. The van der Waals surface area contributed by atoms with Crippen LogP contribution in [0.5, 0.6) is 0 Å². The lowest BCUT2D eigenvalue weighted by atomic mass is 9.59. The molecule has 0 heterocycles. The topological polar surface area (TPSA) is 26.0 Å². The van der Waals surface area contributed by atoms with Gasteiger partial charge in [-0.1, -0.05) is 26.7 Å². The SMILES string of the molecule is CCC1(CC)CC(CN)C1. The van der Waals surface area contributed by atoms with Gasteiger partial charge in [0.2, 0.25) is 0 Å². The molecule has 1 saturated carbocycles. The van der Waals surface area contributed by atoms with Crippen molar-refractivity contribution in [3.05, 3.63) is 0 Å². The van der Waals surface area contributed by atoms with Crippen LogP contribution in [0.4, 0.5) is 0 Å². The maximum absolute atomic E-state index is 5.56. The molecule has 1 heteroatoms. The molecule has 1 aliphatic rings. The maximum atomic E-state index is 5.56. The molecule has 10 heavy (non-hydrogen) atoms. The molecule has 0 aliphatic heterocycles. The molecule has 0 aromatic rings. The second kappa shape index (κ2) is 2.91. The standard InChI is InChI=1S/C9H19N/c1-3-9(4-2)5-8(6-9)7-10/h8H,3-7,10H2,1-2H3. The number of hydrogen-bond donors (Lipinski definition) is 1. The molecule has 1 nitrogen and oxygen atoms in total. The summed E-state index contributed by atoms with van der Waals surface area (Å²) in [7, 11) is 0. The highest BCUT2D eigenvalue weighted by atomic mass is 14.6. The normalized spacial score (nSPS) is 24.3. The number of hydrogen-bond acceptors (Lipinski definition) is 1. The van der Waals surface area contributed by atoms with Crippen molar-refractivity contribution in [3.8, 4) is 0 Å². The van der Waals surface area contributed by atoms with Crippen LogP contribution in [0.15, 0.2) is 0 Å². The minimum atomic E-state index is 0.698. The zero-order chi connectivity index (χ0) is 7.61. The minimum Gasteiger partial charge on any atom is -0.330 e. The Balaban J connectivity index is 2.31. The first kappa shape index (κ1) is 8.06. The van der Waals surface area contributed by atoms with Crippen LogP contribution in [-0.4, -0.2) is 6.54 Å². The van der Waals surface area contributed by atoms with Crippen molar-refractivity contribution in [1.82, 2.24) is 0 Å². The monoisotopic (exact) mass is 141 g/mol. The third-order valence-corrected chi connectivity index (χ3v) is 3.28. The van der Waals surface area contributed by atoms with Crippen molar-refractivity contribution in [1.29, 1.82) is 0 Å². The van der Waals surface area contributed by atoms with Crippen LogP contribution in [0, 0.1) is 11.3 Å². The summed E-state index contributed by atoms with van der Waals surface area (Å²) in [5.41, 5.74) is 6.26. The van der Waals surface area contributed by atoms with Crippen LogP contribution in [0.2, 0.25) is 0 Å². The highest BCUT2D eigenvalue weighted by molar-refractivity contribution is 4.91. The first-order valence-corrected chi connectivity index (χ1v) is 4.46. The Kier molecular flexibility index (Phi) is 2.35. The van der Waals surface area contributed by atoms with E-state index in [1.54, 1.807) is 0 Å². The summed E-state index contributed by atoms with van der Waals surface area (Å²) < 4.78 is 0. The van der Waals surface area contributed by atoms with Gasteiger partial charge in [-0.05, 0) is 30.7 Å². The molecule has 2 N–H and O–H groups in total. The molecular weight excluding hydrogens is 122 g/mol. The molecule has 0 radical (unpaired) electrons. The Morgan fingerprint density at radius 1 is 1.30 bits per heavy atom. The molecule has 0 bridgehead atoms. The molecule has 1 aliphatic carbocycles. The second-order valence-electron chi connectivity index (χ2n) is 3.72. The first-order valence-electron chi connectivity index (χ1n) is 4.46. The predicted molar refractivity (Wildman–Crippen MR) is 44.8 cm³/mol. The quantitative estimate of drug-likeness (QED) is 0.640. The van der Waals surface area contributed by atoms with Crippen molar-refractivity contribution in [2.75, 3.05) is 6.54 Å². The summed E-state index contributed by atoms with van der Waals surface area (Å²) in [6.07, 6.45) is 5.47. The fourth-order valence-electron chi connectivity index (χ4n) is 2.16. The van der Waals surface area contributed by atoms with E-state index in [1.165, 1.54) is 25.7 Å². The molecule has 0 amide bonds. The fourth-order valence-corrected chi connectivity index (χ4v) is 2.16. The van der Waals surface area contributed by atoms with Crippen molar-refractivity contribution >= 4 is 0 Å². The van der Waals surface area contributed by atoms with Crippen molar-refractivity contribution in [3.63, 3.8) is 0 Å². The molecule has 0 aromatic heterocycles. The average molecular weight is 141 g/mol. The van der Waals surface area contributed by atoms with E-state index < -0.39 is 0 Å². The zero-order valence-corrected chi connectivity index (χ0v) is 7.19. The van der Waals surface area contributed by atoms with Crippen LogP contribution in [0.3, 0.4) is 0 Å². The smallest absolute Gasteiger partial charge is 0.00485 e. The molecule has 0 atom stereocenters. The lowest BCUT2D eigenvalue weighted by molar-refractivity contribution is 0.0509. The van der Waals surface area contributed by atoms with Crippen molar-refractivity contribution < 1.29 is 0 Å². The van der Waals surface area contributed by atoms with Gasteiger partial charge >= 0.3 is 0 Å². The molecule has 60 valence electrons. The molecular formula is C9H19N. The van der Waals surface area contributed by atoms with Gasteiger partial charge in [-0.25, -0.2) is 0 Å². The summed E-state index contributed by atoms with van der Waals surface area (Å²) in [5.74, 6) is 0.847. The molecule has 0 aromatic carbocycles. The highest BCUT2D eigenvalue weighted by Gasteiger charge is 2.39. The molecule has 0 unspecified atom stereocenters. The van der Waals surface area contributed by atoms with E-state index in [0.29, 0.717) is 5.41 Å². The summed E-state index contributed by atoms with van der Waals surface area (Å²) >= 11 is 0. The molecule has 0 saturated heterocycles. The van der Waals surface area contributed by atoms with Gasteiger partial charge < -0.3 is 5.73 Å². The van der Waals surface area contributed by atoms with Crippen LogP contribution < -0.4 is 5.73 Å². The lowest BCUT2D eigenvalue weighted by Gasteiger charge is -2.47. The van der Waals surface area contributed by atoms with Gasteiger partial charge in [0.05, 0.1) is 0 Å². The number of rotatable bonds is 3. The highest BCUT2D eigenvalue weighted by Crippen LogP contribution is 2.49. The predicted octanol–water partition coefficient (Wildman–Crippen LogP) is 2.16. The fraction of sp³-hybridized carbons (Fsp3) is 1.00. The van der Waals surface area contributed by atoms with Gasteiger partial charge in [0, 0.05) is 0 Å². The van der Waals surface area contributed by atoms with Crippen LogP contribution in [-0.2, 0) is 0 Å². The Hall–Kier alpha value is -0.0400. The van der Waals surface area contributed by atoms with Gasteiger partial charge in [0.15, 0.2) is 0 Å². The first-order chi connectivity index (χ1) is 4.76. The zero-order valence-electron chi connectivity index (χ0n) is 7.19. The van der Waals surface area contributed by atoms with Gasteiger partial charge in [0.1, 0.15) is 0 Å². The Morgan fingerprint density at radius 2 is 1.80 bits per heavy atom. The molecule has 0 spiro atoms. The average Bonchev–Trinajstić information content (AvgIpc) is 1.89. The third-order valence-electron chi connectivity index (χ3n) is 3.28. The van der Waals surface area contributed by atoms with E-state index in [4.69, 9.17) is 5.73 Å². The summed E-state index contributed by atoms with van der Waals surface area (Å²) in [4.78, 5) is 0. The number of nitrogens with two attached hydrogens (primary N) is 1. The van der Waals surface area contributed by atoms with Gasteiger partial charge in [-0.15, -0.1) is 0 Å². The van der Waals surface area contributed by atoms with Crippen molar-refractivity contribution in [2.24, 2.45) is 17.1 Å². The summed E-state index contributed by atoms with van der Waals surface area (Å²) in [6, 6.07) is 0. The van der Waals surface area contributed by atoms with Gasteiger partial charge in [-0.2, -0.15) is 0 Å². The molecule has 1 rings (SSSR count). The Labute approximate surface area is 64.0 Å². The van der Waals surface area contributed by atoms with E-state index in [-0.39, 0.29) is 0 Å². The van der Waals surface area contributed by atoms with Gasteiger partial charge in [-0.3, -0.25) is 0 Å². The van der Waals surface area contributed by atoms with Crippen LogP contribution >= 0.6 is 0 Å². The third kappa shape index (κ3) is 1.20. The van der Waals surface area contributed by atoms with E-state index in [0.717, 1.165) is 12.5 Å². The maximum Gasteiger partial charge on any atom is -0.00485 e. The van der Waals surface area contributed by atoms with E-state index in [1.807, 2.05) is 0 Å². The van der Waals surface area contributed by atoms with Gasteiger partial charge in [0.25, 0.3) is 0 Å². The van der Waals surface area contributed by atoms with E-state index >= 15 is 0 Å².